The van der Waals surface area contributed by atoms with Crippen LogP contribution in [0, 0.1) is 13.8 Å². The molecule has 152 valence electrons. The smallest absolute Gasteiger partial charge is 0.227 e. The summed E-state index contributed by atoms with van der Waals surface area (Å²) in [5.74, 6) is 0.0863. The second-order valence-electron chi connectivity index (χ2n) is 7.84. The number of carbonyl (C=O) groups excluding carboxylic acids is 1. The third-order valence-electron chi connectivity index (χ3n) is 5.84. The Morgan fingerprint density at radius 2 is 1.79 bits per heavy atom. The summed E-state index contributed by atoms with van der Waals surface area (Å²) in [4.78, 5) is 16.9. The topological polar surface area (TPSA) is 45.9 Å². The maximum absolute atomic E-state index is 12.8. The van der Waals surface area contributed by atoms with Crippen LogP contribution in [0.3, 0.4) is 0 Å². The Morgan fingerprint density at radius 1 is 1.07 bits per heavy atom. The number of ether oxygens (including phenoxy) is 1. The molecule has 5 nitrogen and oxygen atoms in total. The van der Waals surface area contributed by atoms with E-state index in [0.717, 1.165) is 54.0 Å². The number of hydrogen-bond donors (Lipinski definition) is 0. The maximum Gasteiger partial charge on any atom is 0.227 e. The van der Waals surface area contributed by atoms with Crippen molar-refractivity contribution >= 4 is 22.6 Å². The average Bonchev–Trinajstić information content (AvgIpc) is 3.15. The minimum Gasteiger partial charge on any atom is -0.464 e. The molecule has 1 amide bonds. The van der Waals surface area contributed by atoms with Crippen molar-refractivity contribution in [1.82, 2.24) is 4.90 Å². The summed E-state index contributed by atoms with van der Waals surface area (Å²) in [7, 11) is 1.86. The van der Waals surface area contributed by atoms with Crippen LogP contribution in [0.25, 0.3) is 11.0 Å². The van der Waals surface area contributed by atoms with Gasteiger partial charge < -0.3 is 19.0 Å². The molecule has 0 N–H and O–H groups in total. The zero-order valence-electron chi connectivity index (χ0n) is 17.4. The standard InChI is InChI=1S/C24H28N2O3/c1-17-4-9-22-20(16-29-24(22)18(17)2)14-23(27)25(3)15-19-5-7-21(8-6-19)26-10-12-28-13-11-26/h4-9,16H,10-15H2,1-3H3. The first-order valence-electron chi connectivity index (χ1n) is 10.1. The van der Waals surface area contributed by atoms with Gasteiger partial charge in [-0.15, -0.1) is 0 Å². The summed E-state index contributed by atoms with van der Waals surface area (Å²) in [6, 6.07) is 12.6. The Hall–Kier alpha value is -2.79. The van der Waals surface area contributed by atoms with Crippen LogP contribution in [0.5, 0.6) is 0 Å². The molecule has 0 radical (unpaired) electrons. The Morgan fingerprint density at radius 3 is 2.52 bits per heavy atom. The van der Waals surface area contributed by atoms with Crippen LogP contribution in [0.4, 0.5) is 5.69 Å². The van der Waals surface area contributed by atoms with Crippen LogP contribution >= 0.6 is 0 Å². The first-order valence-corrected chi connectivity index (χ1v) is 10.1. The molecule has 0 bridgehead atoms. The van der Waals surface area contributed by atoms with Crippen molar-refractivity contribution < 1.29 is 13.9 Å². The molecule has 29 heavy (non-hydrogen) atoms. The molecule has 1 aliphatic rings. The third kappa shape index (κ3) is 4.15. The van der Waals surface area contributed by atoms with Gasteiger partial charge in [0.1, 0.15) is 5.58 Å². The highest BCUT2D eigenvalue weighted by atomic mass is 16.5. The fraction of sp³-hybridized carbons (Fsp3) is 0.375. The van der Waals surface area contributed by atoms with E-state index in [9.17, 15) is 4.79 Å². The van der Waals surface area contributed by atoms with Gasteiger partial charge >= 0.3 is 0 Å². The highest BCUT2D eigenvalue weighted by Crippen LogP contribution is 2.27. The normalized spacial score (nSPS) is 14.4. The van der Waals surface area contributed by atoms with E-state index in [-0.39, 0.29) is 5.91 Å². The fourth-order valence-corrected chi connectivity index (χ4v) is 3.82. The molecule has 1 saturated heterocycles. The zero-order valence-corrected chi connectivity index (χ0v) is 17.4. The SMILES string of the molecule is Cc1ccc2c(CC(=O)N(C)Cc3ccc(N4CCOCC4)cc3)coc2c1C. The minimum absolute atomic E-state index is 0.0863. The van der Waals surface area contributed by atoms with Gasteiger partial charge in [-0.1, -0.05) is 24.3 Å². The number of aryl methyl sites for hydroxylation is 2. The van der Waals surface area contributed by atoms with E-state index in [0.29, 0.717) is 13.0 Å². The fourth-order valence-electron chi connectivity index (χ4n) is 3.82. The predicted molar refractivity (Wildman–Crippen MR) is 115 cm³/mol. The number of fused-ring (bicyclic) bond motifs is 1. The minimum atomic E-state index is 0.0863. The van der Waals surface area contributed by atoms with E-state index < -0.39 is 0 Å². The van der Waals surface area contributed by atoms with Crippen LogP contribution in [-0.4, -0.2) is 44.2 Å². The Bertz CT molecular complexity index is 1000. The van der Waals surface area contributed by atoms with Crippen LogP contribution in [0.15, 0.2) is 47.1 Å². The Labute approximate surface area is 171 Å². The number of likely N-dealkylation sites (N-methyl/N-ethyl adjacent to an activating group) is 1. The second kappa shape index (κ2) is 8.29. The van der Waals surface area contributed by atoms with Crippen molar-refractivity contribution in [2.24, 2.45) is 0 Å². The van der Waals surface area contributed by atoms with Gasteiger partial charge in [0.15, 0.2) is 0 Å². The van der Waals surface area contributed by atoms with E-state index in [1.54, 1.807) is 11.2 Å². The van der Waals surface area contributed by atoms with Crippen LogP contribution in [-0.2, 0) is 22.5 Å². The van der Waals surface area contributed by atoms with Crippen LogP contribution < -0.4 is 4.90 Å². The Kier molecular flexibility index (Phi) is 5.58. The number of anilines is 1. The van der Waals surface area contributed by atoms with Gasteiger partial charge in [0.25, 0.3) is 0 Å². The summed E-state index contributed by atoms with van der Waals surface area (Å²) in [6.07, 6.45) is 2.07. The molecular weight excluding hydrogens is 364 g/mol. The highest BCUT2D eigenvalue weighted by molar-refractivity contribution is 5.89. The molecule has 3 aromatic rings. The molecule has 1 aromatic heterocycles. The third-order valence-corrected chi connectivity index (χ3v) is 5.84. The maximum atomic E-state index is 12.8. The quantitative estimate of drug-likeness (QED) is 0.656. The summed E-state index contributed by atoms with van der Waals surface area (Å²) in [5.41, 5.74) is 6.50. The number of morpholine rings is 1. The average molecular weight is 392 g/mol. The van der Waals surface area contributed by atoms with Crippen molar-refractivity contribution in [1.29, 1.82) is 0 Å². The van der Waals surface area contributed by atoms with Crippen molar-refractivity contribution in [3.63, 3.8) is 0 Å². The number of furan rings is 1. The van der Waals surface area contributed by atoms with E-state index in [2.05, 4.69) is 49.1 Å². The molecule has 2 heterocycles. The number of nitrogens with zero attached hydrogens (tertiary/aromatic N) is 2. The monoisotopic (exact) mass is 392 g/mol. The number of carbonyl (C=O) groups is 1. The predicted octanol–water partition coefficient (Wildman–Crippen LogP) is 4.09. The first kappa shape index (κ1) is 19.5. The lowest BCUT2D eigenvalue weighted by Crippen LogP contribution is -2.36. The van der Waals surface area contributed by atoms with Crippen molar-refractivity contribution in [3.05, 3.63) is 64.9 Å². The van der Waals surface area contributed by atoms with E-state index in [1.807, 2.05) is 13.1 Å². The largest absolute Gasteiger partial charge is 0.464 e. The van der Waals surface area contributed by atoms with E-state index in [4.69, 9.17) is 9.15 Å². The number of amides is 1. The molecule has 4 rings (SSSR count). The lowest BCUT2D eigenvalue weighted by molar-refractivity contribution is -0.129. The second-order valence-corrected chi connectivity index (χ2v) is 7.84. The Balaban J connectivity index is 1.40. The lowest BCUT2D eigenvalue weighted by atomic mass is 10.0. The summed E-state index contributed by atoms with van der Waals surface area (Å²) in [6.45, 7) is 8.13. The molecule has 0 unspecified atom stereocenters. The van der Waals surface area contributed by atoms with Gasteiger partial charge in [-0.3, -0.25) is 4.79 Å². The zero-order chi connectivity index (χ0) is 20.4. The molecule has 0 aliphatic carbocycles. The number of benzene rings is 2. The molecule has 1 fully saturated rings. The van der Waals surface area contributed by atoms with Gasteiger partial charge in [0, 0.05) is 43.3 Å². The van der Waals surface area contributed by atoms with Crippen molar-refractivity contribution in [2.75, 3.05) is 38.3 Å². The molecule has 0 saturated carbocycles. The van der Waals surface area contributed by atoms with Crippen LogP contribution in [0.1, 0.15) is 22.3 Å². The summed E-state index contributed by atoms with van der Waals surface area (Å²) >= 11 is 0. The van der Waals surface area contributed by atoms with Gasteiger partial charge in [0.2, 0.25) is 5.91 Å². The van der Waals surface area contributed by atoms with Crippen molar-refractivity contribution in [3.8, 4) is 0 Å². The molecule has 0 atom stereocenters. The van der Waals surface area contributed by atoms with Gasteiger partial charge in [-0.05, 0) is 42.7 Å². The lowest BCUT2D eigenvalue weighted by Gasteiger charge is -2.29. The molecular formula is C24H28N2O3. The first-order chi connectivity index (χ1) is 14.0. The molecule has 0 spiro atoms. The molecule has 5 heteroatoms. The van der Waals surface area contributed by atoms with E-state index in [1.165, 1.54) is 11.3 Å². The van der Waals surface area contributed by atoms with Gasteiger partial charge in [-0.25, -0.2) is 0 Å². The van der Waals surface area contributed by atoms with E-state index >= 15 is 0 Å². The molecule has 1 aliphatic heterocycles. The number of rotatable bonds is 5. The van der Waals surface area contributed by atoms with Crippen LogP contribution in [0.2, 0.25) is 0 Å². The van der Waals surface area contributed by atoms with Gasteiger partial charge in [0.05, 0.1) is 25.9 Å². The summed E-state index contributed by atoms with van der Waals surface area (Å²) < 4.78 is 11.2. The van der Waals surface area contributed by atoms with Gasteiger partial charge in [-0.2, -0.15) is 0 Å². The van der Waals surface area contributed by atoms with Crippen molar-refractivity contribution in [2.45, 2.75) is 26.8 Å². The molecule has 2 aromatic carbocycles. The summed E-state index contributed by atoms with van der Waals surface area (Å²) in [5, 5.41) is 1.03. The highest BCUT2D eigenvalue weighted by Gasteiger charge is 2.16. The number of hydrogen-bond acceptors (Lipinski definition) is 4.